The molecule has 0 heterocycles. The molecule has 1 aliphatic carbocycles. The minimum absolute atomic E-state index is 0.0873. The molecule has 0 aliphatic heterocycles. The molecule has 10 rings (SSSR count). The summed E-state index contributed by atoms with van der Waals surface area (Å²) in [6.45, 7) is 9.24. The number of hydrogen-bond donors (Lipinski definition) is 0. The molecule has 0 aromatic heterocycles. The Morgan fingerprint density at radius 2 is 1.16 bits per heavy atom. The minimum atomic E-state index is -0.254. The summed E-state index contributed by atoms with van der Waals surface area (Å²) in [6.07, 6.45) is 9.55. The van der Waals surface area contributed by atoms with Gasteiger partial charge in [0.15, 0.2) is 0 Å². The maximum Gasteiger partial charge on any atom is 0.241 e. The Balaban J connectivity index is 1.29. The summed E-state index contributed by atoms with van der Waals surface area (Å²) in [5, 5.41) is 10.3. The van der Waals surface area contributed by atoms with Crippen LogP contribution in [0.4, 0.5) is 17.1 Å². The van der Waals surface area contributed by atoms with E-state index in [0.29, 0.717) is 0 Å². The highest BCUT2D eigenvalue weighted by Crippen LogP contribution is 2.48. The van der Waals surface area contributed by atoms with Crippen LogP contribution in [-0.2, 0) is 11.8 Å². The Labute approximate surface area is 330 Å². The molecule has 0 unspecified atom stereocenters. The van der Waals surface area contributed by atoms with Crippen molar-refractivity contribution in [2.75, 3.05) is 4.90 Å². The van der Waals surface area contributed by atoms with E-state index < -0.39 is 0 Å². The van der Waals surface area contributed by atoms with Gasteiger partial charge in [0.2, 0.25) is 6.71 Å². The van der Waals surface area contributed by atoms with E-state index >= 15 is 0 Å². The number of hydrogen-bond acceptors (Lipinski definition) is 1. The van der Waals surface area contributed by atoms with Crippen molar-refractivity contribution in [3.05, 3.63) is 217 Å². The number of fused-ring (bicyclic) bond motifs is 4. The van der Waals surface area contributed by atoms with Gasteiger partial charge in [-0.2, -0.15) is 0 Å². The van der Waals surface area contributed by atoms with E-state index in [1.807, 2.05) is 0 Å². The van der Waals surface area contributed by atoms with E-state index in [1.54, 1.807) is 0 Å². The highest BCUT2D eigenvalue weighted by Gasteiger charge is 2.29. The lowest BCUT2D eigenvalue weighted by molar-refractivity contribution is 0.635. The summed E-state index contributed by atoms with van der Waals surface area (Å²) in [4.78, 5) is 2.48. The van der Waals surface area contributed by atoms with Crippen molar-refractivity contribution in [2.45, 2.75) is 25.7 Å². The van der Waals surface area contributed by atoms with E-state index in [9.17, 15) is 0 Å². The zero-order chi connectivity index (χ0) is 37.8. The topological polar surface area (TPSA) is 3.24 Å². The van der Waals surface area contributed by atoms with Crippen molar-refractivity contribution < 1.29 is 0 Å². The van der Waals surface area contributed by atoms with E-state index in [2.05, 4.69) is 219 Å². The molecule has 0 amide bonds. The molecular formula is C54H42BN. The SMILES string of the molecule is C=C1/C=C\C=C/Cc2ccc(N(c3ccccc3)c3ccc4ccc5c(B(c6ccccc6)c6ccccc6)ccc6c7ccccc7c3c4c56)cc2C1(C)C. The van der Waals surface area contributed by atoms with Gasteiger partial charge in [0, 0.05) is 27.6 Å². The fraction of sp³-hybridized carbons (Fsp3) is 0.0741. The molecule has 56 heavy (non-hydrogen) atoms. The van der Waals surface area contributed by atoms with Crippen LogP contribution in [0.5, 0.6) is 0 Å². The van der Waals surface area contributed by atoms with Crippen LogP contribution >= 0.6 is 0 Å². The Morgan fingerprint density at radius 1 is 0.536 bits per heavy atom. The molecule has 0 saturated heterocycles. The molecule has 0 N–H and O–H groups in total. The van der Waals surface area contributed by atoms with Gasteiger partial charge in [-0.3, -0.25) is 0 Å². The summed E-state index contributed by atoms with van der Waals surface area (Å²) in [5.74, 6) is 0. The first-order chi connectivity index (χ1) is 27.5. The Kier molecular flexibility index (Phi) is 8.22. The van der Waals surface area contributed by atoms with Gasteiger partial charge in [0.05, 0.1) is 5.69 Å². The largest absolute Gasteiger partial charge is 0.310 e. The lowest BCUT2D eigenvalue weighted by Gasteiger charge is -2.33. The molecule has 2 heteroatoms. The highest BCUT2D eigenvalue weighted by molar-refractivity contribution is 6.97. The number of anilines is 3. The predicted octanol–water partition coefficient (Wildman–Crippen LogP) is 12.2. The molecular weight excluding hydrogens is 673 g/mol. The van der Waals surface area contributed by atoms with Crippen LogP contribution < -0.4 is 21.3 Å². The van der Waals surface area contributed by atoms with Gasteiger partial charge in [0.1, 0.15) is 0 Å². The summed E-state index contributed by atoms with van der Waals surface area (Å²) >= 11 is 0. The molecule has 0 spiro atoms. The van der Waals surface area contributed by atoms with Gasteiger partial charge >= 0.3 is 0 Å². The maximum absolute atomic E-state index is 4.55. The van der Waals surface area contributed by atoms with Gasteiger partial charge in [-0.1, -0.05) is 201 Å². The number of nitrogens with zero attached hydrogens (tertiary/aromatic N) is 1. The van der Waals surface area contributed by atoms with Crippen molar-refractivity contribution in [1.82, 2.24) is 0 Å². The van der Waals surface area contributed by atoms with Gasteiger partial charge in [-0.15, -0.1) is 0 Å². The summed E-state index contributed by atoms with van der Waals surface area (Å²) in [5.41, 5.74) is 10.8. The maximum atomic E-state index is 4.55. The molecule has 9 aromatic rings. The van der Waals surface area contributed by atoms with Crippen molar-refractivity contribution in [3.63, 3.8) is 0 Å². The van der Waals surface area contributed by atoms with Crippen LogP contribution in [0.3, 0.4) is 0 Å². The van der Waals surface area contributed by atoms with Crippen LogP contribution in [0.1, 0.15) is 25.0 Å². The minimum Gasteiger partial charge on any atom is -0.310 e. The van der Waals surface area contributed by atoms with Gasteiger partial charge in [0.25, 0.3) is 0 Å². The van der Waals surface area contributed by atoms with Gasteiger partial charge in [-0.05, 0) is 85.8 Å². The van der Waals surface area contributed by atoms with Crippen molar-refractivity contribution in [1.29, 1.82) is 0 Å². The molecule has 0 atom stereocenters. The second-order valence-corrected chi connectivity index (χ2v) is 15.7. The van der Waals surface area contributed by atoms with E-state index in [0.717, 1.165) is 23.4 Å². The first-order valence-corrected chi connectivity index (χ1v) is 19.7. The molecule has 266 valence electrons. The number of allylic oxidation sites excluding steroid dienone is 5. The Hall–Kier alpha value is -6.64. The number of benzene rings is 9. The third-order valence-electron chi connectivity index (χ3n) is 12.2. The normalized spacial score (nSPS) is 15.0. The third kappa shape index (κ3) is 5.48. The quantitative estimate of drug-likeness (QED) is 0.0941. The van der Waals surface area contributed by atoms with Crippen LogP contribution in [-0.4, -0.2) is 6.71 Å². The molecule has 9 aromatic carbocycles. The number of rotatable bonds is 6. The van der Waals surface area contributed by atoms with E-state index in [4.69, 9.17) is 0 Å². The second-order valence-electron chi connectivity index (χ2n) is 15.7. The van der Waals surface area contributed by atoms with Crippen LogP contribution in [0.25, 0.3) is 43.1 Å². The second kappa shape index (κ2) is 13.6. The average Bonchev–Trinajstić information content (AvgIpc) is 3.29. The average molecular weight is 716 g/mol. The van der Waals surface area contributed by atoms with E-state index in [1.165, 1.54) is 76.3 Å². The fourth-order valence-corrected chi connectivity index (χ4v) is 9.28. The van der Waals surface area contributed by atoms with Crippen LogP contribution in [0.2, 0.25) is 0 Å². The standard InChI is InChI=1S/C54H42BN/c1-37-18-8-4-9-19-38-28-31-43(36-48(38)54(37,2)3)56(42-24-14-7-15-25-42)50-35-30-39-29-32-47-49(55(40-20-10-5-11-21-40)41-22-12-6-13-23-41)34-33-46-44-26-16-17-27-45(44)53(50)51(39)52(46)47/h4-18,20-36H,1,19H2,2-3H3/b9-4-,18-8-. The van der Waals surface area contributed by atoms with E-state index in [-0.39, 0.29) is 12.1 Å². The molecule has 0 radical (unpaired) electrons. The third-order valence-corrected chi connectivity index (χ3v) is 12.2. The monoisotopic (exact) mass is 715 g/mol. The predicted molar refractivity (Wildman–Crippen MR) is 244 cm³/mol. The molecule has 1 aliphatic rings. The molecule has 0 fully saturated rings. The van der Waals surface area contributed by atoms with Crippen LogP contribution in [0, 0.1) is 0 Å². The lowest BCUT2D eigenvalue weighted by Crippen LogP contribution is -2.52. The van der Waals surface area contributed by atoms with Gasteiger partial charge < -0.3 is 4.90 Å². The van der Waals surface area contributed by atoms with Gasteiger partial charge in [-0.25, -0.2) is 0 Å². The summed E-state index contributed by atoms with van der Waals surface area (Å²) < 4.78 is 0. The molecule has 0 bridgehead atoms. The zero-order valence-electron chi connectivity index (χ0n) is 31.9. The Bertz CT molecular complexity index is 2940. The highest BCUT2D eigenvalue weighted by atomic mass is 15.1. The van der Waals surface area contributed by atoms with Crippen molar-refractivity contribution >= 4 is 83.3 Å². The lowest BCUT2D eigenvalue weighted by atomic mass is 9.36. The Morgan fingerprint density at radius 3 is 1.89 bits per heavy atom. The summed E-state index contributed by atoms with van der Waals surface area (Å²) in [7, 11) is 0. The molecule has 1 nitrogen and oxygen atoms in total. The zero-order valence-corrected chi connectivity index (χ0v) is 31.9. The number of para-hydroxylation sites is 1. The van der Waals surface area contributed by atoms with Crippen LogP contribution in [0.15, 0.2) is 206 Å². The first kappa shape index (κ1) is 33.9. The molecule has 0 saturated carbocycles. The first-order valence-electron chi connectivity index (χ1n) is 19.7. The van der Waals surface area contributed by atoms with Crippen molar-refractivity contribution in [2.24, 2.45) is 0 Å². The fourth-order valence-electron chi connectivity index (χ4n) is 9.28. The smallest absolute Gasteiger partial charge is 0.241 e. The van der Waals surface area contributed by atoms with Crippen molar-refractivity contribution in [3.8, 4) is 0 Å². The summed E-state index contributed by atoms with van der Waals surface area (Å²) in [6, 6.07) is 63.1.